The average molecular weight is 413 g/mol. The lowest BCUT2D eigenvalue weighted by molar-refractivity contribution is -0.131. The molecule has 1 saturated carbocycles. The van der Waals surface area contributed by atoms with Gasteiger partial charge in [0.1, 0.15) is 5.75 Å². The second kappa shape index (κ2) is 9.23. The molecule has 1 aliphatic rings. The third-order valence-electron chi connectivity index (χ3n) is 6.11. The largest absolute Gasteiger partial charge is 0.497 e. The number of hydrogen-bond donors (Lipinski definition) is 1. The fraction of sp³-hybridized carbons (Fsp3) is 0.600. The normalized spacial score (nSPS) is 15.4. The summed E-state index contributed by atoms with van der Waals surface area (Å²) in [4.78, 5) is 31.5. The number of methoxy groups -OCH3 is 1. The second-order valence-corrected chi connectivity index (χ2v) is 9.74. The van der Waals surface area contributed by atoms with E-state index < -0.39 is 0 Å². The number of aromatic amines is 1. The van der Waals surface area contributed by atoms with Crippen molar-refractivity contribution in [3.63, 3.8) is 0 Å². The van der Waals surface area contributed by atoms with E-state index in [2.05, 4.69) is 25.8 Å². The molecule has 1 fully saturated rings. The molecule has 3 rings (SSSR count). The van der Waals surface area contributed by atoms with Crippen LogP contribution in [0.15, 0.2) is 23.0 Å². The highest BCUT2D eigenvalue weighted by atomic mass is 16.5. The molecule has 5 nitrogen and oxygen atoms in total. The van der Waals surface area contributed by atoms with E-state index in [0.29, 0.717) is 18.8 Å². The zero-order valence-corrected chi connectivity index (χ0v) is 19.1. The smallest absolute Gasteiger partial charge is 0.252 e. The zero-order valence-electron chi connectivity index (χ0n) is 19.1. The van der Waals surface area contributed by atoms with Crippen molar-refractivity contribution in [1.29, 1.82) is 0 Å². The number of nitrogens with one attached hydrogen (secondary N) is 1. The van der Waals surface area contributed by atoms with Gasteiger partial charge in [0, 0.05) is 30.1 Å². The molecule has 1 aromatic carbocycles. The molecular weight excluding hydrogens is 376 g/mol. The van der Waals surface area contributed by atoms with Gasteiger partial charge < -0.3 is 14.6 Å². The van der Waals surface area contributed by atoms with Crippen LogP contribution in [0.5, 0.6) is 5.75 Å². The van der Waals surface area contributed by atoms with E-state index in [4.69, 9.17) is 4.74 Å². The van der Waals surface area contributed by atoms with Crippen molar-refractivity contribution in [2.45, 2.75) is 72.1 Å². The van der Waals surface area contributed by atoms with E-state index in [1.165, 1.54) is 6.42 Å². The van der Waals surface area contributed by atoms with Crippen LogP contribution < -0.4 is 10.3 Å². The Labute approximate surface area is 179 Å². The van der Waals surface area contributed by atoms with Gasteiger partial charge in [-0.15, -0.1) is 0 Å². The van der Waals surface area contributed by atoms with Crippen molar-refractivity contribution in [1.82, 2.24) is 9.88 Å². The molecule has 1 amide bonds. The molecule has 0 atom stereocenters. The number of carbonyl (C=O) groups excluding carboxylic acids is 1. The number of carbonyl (C=O) groups is 1. The van der Waals surface area contributed by atoms with Crippen molar-refractivity contribution >= 4 is 16.8 Å². The van der Waals surface area contributed by atoms with Gasteiger partial charge in [-0.1, -0.05) is 40.0 Å². The minimum Gasteiger partial charge on any atom is -0.497 e. The molecule has 0 bridgehead atoms. The van der Waals surface area contributed by atoms with Gasteiger partial charge in [0.25, 0.3) is 5.56 Å². The Bertz CT molecular complexity index is 949. The Kier molecular flexibility index (Phi) is 6.89. The molecule has 0 unspecified atom stereocenters. The monoisotopic (exact) mass is 412 g/mol. The first-order chi connectivity index (χ1) is 14.2. The summed E-state index contributed by atoms with van der Waals surface area (Å²) < 4.78 is 5.34. The van der Waals surface area contributed by atoms with Gasteiger partial charge in [0.15, 0.2) is 0 Å². The Morgan fingerprint density at radius 3 is 2.50 bits per heavy atom. The molecule has 2 aromatic rings. The predicted octanol–water partition coefficient (Wildman–Crippen LogP) is 5.02. The number of hydrogen-bond acceptors (Lipinski definition) is 3. The lowest BCUT2D eigenvalue weighted by Crippen LogP contribution is -2.39. The molecule has 1 heterocycles. The molecule has 1 aliphatic carbocycles. The molecular formula is C25H36N2O3. The van der Waals surface area contributed by atoms with Gasteiger partial charge >= 0.3 is 0 Å². The van der Waals surface area contributed by atoms with E-state index in [0.717, 1.165) is 47.7 Å². The van der Waals surface area contributed by atoms with Crippen LogP contribution in [0.4, 0.5) is 0 Å². The van der Waals surface area contributed by atoms with Crippen LogP contribution in [0.3, 0.4) is 0 Å². The third kappa shape index (κ3) is 5.05. The van der Waals surface area contributed by atoms with Crippen LogP contribution >= 0.6 is 0 Å². The SMILES string of the molecule is CCN(CC(C)(C)C)C(=O)Cc1c(C2CCCCC2)c(=O)[nH]c2cc(OC)ccc12. The number of H-pyrrole nitrogens is 1. The number of nitrogens with zero attached hydrogens (tertiary/aromatic N) is 1. The van der Waals surface area contributed by atoms with Gasteiger partial charge in [-0.25, -0.2) is 0 Å². The van der Waals surface area contributed by atoms with Crippen LogP contribution in [0.1, 0.15) is 76.8 Å². The second-order valence-electron chi connectivity index (χ2n) is 9.74. The minimum absolute atomic E-state index is 0.0292. The van der Waals surface area contributed by atoms with E-state index in [9.17, 15) is 9.59 Å². The average Bonchev–Trinajstić information content (AvgIpc) is 2.71. The van der Waals surface area contributed by atoms with Crippen LogP contribution in [0.2, 0.25) is 0 Å². The minimum atomic E-state index is -0.0516. The number of likely N-dealkylation sites (N-methyl/N-ethyl adjacent to an activating group) is 1. The van der Waals surface area contributed by atoms with Crippen LogP contribution in [0.25, 0.3) is 10.9 Å². The van der Waals surface area contributed by atoms with Gasteiger partial charge in [-0.05, 0) is 48.8 Å². The van der Waals surface area contributed by atoms with Crippen molar-refractivity contribution in [3.8, 4) is 5.75 Å². The number of ether oxygens (including phenoxy) is 1. The van der Waals surface area contributed by atoms with Gasteiger partial charge in [0.2, 0.25) is 5.91 Å². The maximum Gasteiger partial charge on any atom is 0.252 e. The first-order valence-electron chi connectivity index (χ1n) is 11.2. The molecule has 0 spiro atoms. The summed E-state index contributed by atoms with van der Waals surface area (Å²) in [6.07, 6.45) is 5.81. The molecule has 5 heteroatoms. The number of benzene rings is 1. The fourth-order valence-electron chi connectivity index (χ4n) is 4.71. The summed E-state index contributed by atoms with van der Waals surface area (Å²) >= 11 is 0. The van der Waals surface area contributed by atoms with Crippen molar-refractivity contribution in [2.24, 2.45) is 5.41 Å². The summed E-state index contributed by atoms with van der Waals surface area (Å²) in [5.41, 5.74) is 2.44. The summed E-state index contributed by atoms with van der Waals surface area (Å²) in [7, 11) is 1.62. The lowest BCUT2D eigenvalue weighted by Gasteiger charge is -2.30. The third-order valence-corrected chi connectivity index (χ3v) is 6.11. The molecule has 0 aliphatic heterocycles. The van der Waals surface area contributed by atoms with Gasteiger partial charge in [-0.3, -0.25) is 9.59 Å². The van der Waals surface area contributed by atoms with Crippen molar-refractivity contribution in [2.75, 3.05) is 20.2 Å². The maximum atomic E-state index is 13.3. The van der Waals surface area contributed by atoms with Gasteiger partial charge in [0.05, 0.1) is 19.0 Å². The van der Waals surface area contributed by atoms with Crippen molar-refractivity contribution in [3.05, 3.63) is 39.7 Å². The number of pyridine rings is 1. The molecule has 0 radical (unpaired) electrons. The van der Waals surface area contributed by atoms with Crippen LogP contribution in [0, 0.1) is 5.41 Å². The molecule has 164 valence electrons. The highest BCUT2D eigenvalue weighted by Gasteiger charge is 2.27. The summed E-state index contributed by atoms with van der Waals surface area (Å²) in [5.74, 6) is 1.02. The highest BCUT2D eigenvalue weighted by molar-refractivity contribution is 5.90. The Morgan fingerprint density at radius 2 is 1.90 bits per heavy atom. The van der Waals surface area contributed by atoms with Crippen LogP contribution in [-0.2, 0) is 11.2 Å². The van der Waals surface area contributed by atoms with Crippen LogP contribution in [-0.4, -0.2) is 36.0 Å². The number of aromatic nitrogens is 1. The van der Waals surface area contributed by atoms with E-state index >= 15 is 0 Å². The topological polar surface area (TPSA) is 62.4 Å². The Morgan fingerprint density at radius 1 is 1.20 bits per heavy atom. The fourth-order valence-corrected chi connectivity index (χ4v) is 4.71. The molecule has 1 aromatic heterocycles. The van der Waals surface area contributed by atoms with Crippen molar-refractivity contribution < 1.29 is 9.53 Å². The lowest BCUT2D eigenvalue weighted by atomic mass is 9.81. The first kappa shape index (κ1) is 22.4. The summed E-state index contributed by atoms with van der Waals surface area (Å²) in [5, 5.41) is 0.955. The van der Waals surface area contributed by atoms with Gasteiger partial charge in [-0.2, -0.15) is 0 Å². The summed E-state index contributed by atoms with van der Waals surface area (Å²) in [6, 6.07) is 5.74. The molecule has 0 saturated heterocycles. The standard InChI is InChI=1S/C25H36N2O3/c1-6-27(16-25(2,3)4)22(28)15-20-19-13-12-18(30-5)14-21(19)26-24(29)23(20)17-10-8-7-9-11-17/h12-14,17H,6-11,15-16H2,1-5H3,(H,26,29). The Balaban J connectivity index is 2.09. The zero-order chi connectivity index (χ0) is 21.9. The quantitative estimate of drug-likeness (QED) is 0.724. The number of fused-ring (bicyclic) bond motifs is 1. The number of rotatable bonds is 6. The molecule has 30 heavy (non-hydrogen) atoms. The number of amides is 1. The van der Waals surface area contributed by atoms with E-state index in [1.807, 2.05) is 30.0 Å². The van der Waals surface area contributed by atoms with E-state index in [1.54, 1.807) is 7.11 Å². The maximum absolute atomic E-state index is 13.3. The first-order valence-corrected chi connectivity index (χ1v) is 11.2. The molecule has 1 N–H and O–H groups in total. The Hall–Kier alpha value is -2.30. The summed E-state index contributed by atoms with van der Waals surface area (Å²) in [6.45, 7) is 9.83. The predicted molar refractivity (Wildman–Crippen MR) is 122 cm³/mol. The highest BCUT2D eigenvalue weighted by Crippen LogP contribution is 2.35. The van der Waals surface area contributed by atoms with E-state index in [-0.39, 0.29) is 29.2 Å².